The normalized spacial score (nSPS) is 12.1. The molecular weight excluding hydrogens is 412 g/mol. The Morgan fingerprint density at radius 2 is 1.58 bits per heavy atom. The van der Waals surface area contributed by atoms with Crippen LogP contribution in [0.15, 0.2) is 83.8 Å². The highest BCUT2D eigenvalue weighted by atomic mass is 32.2. The highest BCUT2D eigenvalue weighted by Crippen LogP contribution is 2.23. The molecule has 1 N–H and O–H groups in total. The van der Waals surface area contributed by atoms with Gasteiger partial charge in [-0.05, 0) is 60.5 Å². The molecule has 0 aromatic heterocycles. The monoisotopic (exact) mass is 438 g/mol. The summed E-state index contributed by atoms with van der Waals surface area (Å²) in [5.74, 6) is 0.540. The van der Waals surface area contributed by atoms with E-state index in [0.717, 1.165) is 17.7 Å². The second-order valence-electron chi connectivity index (χ2n) is 7.04. The first-order valence-electron chi connectivity index (χ1n) is 9.95. The van der Waals surface area contributed by atoms with Gasteiger partial charge >= 0.3 is 0 Å². The molecule has 0 heterocycles. The lowest BCUT2D eigenvalue weighted by Gasteiger charge is -2.20. The van der Waals surface area contributed by atoms with Gasteiger partial charge in [0.1, 0.15) is 5.75 Å². The van der Waals surface area contributed by atoms with Crippen molar-refractivity contribution in [1.82, 2.24) is 5.32 Å². The zero-order valence-corrected chi connectivity index (χ0v) is 18.6. The fraction of sp³-hybridized carbons (Fsp3) is 0.208. The second kappa shape index (κ2) is 9.66. The number of ether oxygens (including phenoxy) is 1. The summed E-state index contributed by atoms with van der Waals surface area (Å²) < 4.78 is 31.9. The van der Waals surface area contributed by atoms with Crippen molar-refractivity contribution in [1.29, 1.82) is 0 Å². The standard InChI is InChI=1S/C24H26N2O4S/c1-4-23(18-12-16-21(30-3)17-13-18)25-24(27)19-10-14-20(15-11-19)26(2)31(28,29)22-8-6-5-7-9-22/h5-17,23H,4H2,1-3H3,(H,25,27)/t23-/m1/s1. The Hall–Kier alpha value is -3.32. The van der Waals surface area contributed by atoms with Crippen LogP contribution in [-0.2, 0) is 10.0 Å². The Balaban J connectivity index is 1.73. The minimum absolute atomic E-state index is 0.140. The molecule has 3 aromatic rings. The molecule has 1 atom stereocenters. The molecule has 0 unspecified atom stereocenters. The number of carbonyl (C=O) groups excluding carboxylic acids is 1. The zero-order chi connectivity index (χ0) is 22.4. The van der Waals surface area contributed by atoms with Crippen LogP contribution in [0.2, 0.25) is 0 Å². The van der Waals surface area contributed by atoms with Crippen molar-refractivity contribution in [3.8, 4) is 5.75 Å². The number of sulfonamides is 1. The van der Waals surface area contributed by atoms with E-state index >= 15 is 0 Å². The van der Waals surface area contributed by atoms with Crippen LogP contribution in [0.3, 0.4) is 0 Å². The average molecular weight is 439 g/mol. The molecule has 3 aromatic carbocycles. The topological polar surface area (TPSA) is 75.7 Å². The lowest BCUT2D eigenvalue weighted by molar-refractivity contribution is 0.0935. The first-order valence-corrected chi connectivity index (χ1v) is 11.4. The largest absolute Gasteiger partial charge is 0.497 e. The van der Waals surface area contributed by atoms with Gasteiger partial charge in [-0.3, -0.25) is 9.10 Å². The van der Waals surface area contributed by atoms with Crippen molar-refractivity contribution in [3.05, 3.63) is 90.0 Å². The number of methoxy groups -OCH3 is 1. The fourth-order valence-electron chi connectivity index (χ4n) is 3.21. The molecule has 162 valence electrons. The van der Waals surface area contributed by atoms with Gasteiger partial charge in [-0.15, -0.1) is 0 Å². The molecule has 0 bridgehead atoms. The predicted octanol–water partition coefficient (Wildman–Crippen LogP) is 4.40. The minimum atomic E-state index is -3.67. The number of rotatable bonds is 8. The van der Waals surface area contributed by atoms with Gasteiger partial charge in [0.05, 0.1) is 23.7 Å². The molecule has 7 heteroatoms. The number of carbonyl (C=O) groups is 1. The van der Waals surface area contributed by atoms with Gasteiger partial charge in [0, 0.05) is 12.6 Å². The highest BCUT2D eigenvalue weighted by Gasteiger charge is 2.21. The lowest BCUT2D eigenvalue weighted by Crippen LogP contribution is -2.28. The van der Waals surface area contributed by atoms with Crippen molar-refractivity contribution in [2.75, 3.05) is 18.5 Å². The van der Waals surface area contributed by atoms with Gasteiger partial charge in [-0.2, -0.15) is 0 Å². The molecule has 0 radical (unpaired) electrons. The van der Waals surface area contributed by atoms with Crippen molar-refractivity contribution in [2.24, 2.45) is 0 Å². The van der Waals surface area contributed by atoms with E-state index in [1.807, 2.05) is 31.2 Å². The van der Waals surface area contributed by atoms with Crippen LogP contribution in [0, 0.1) is 0 Å². The summed E-state index contributed by atoms with van der Waals surface area (Å²) in [6.07, 6.45) is 0.730. The summed E-state index contributed by atoms with van der Waals surface area (Å²) in [6.45, 7) is 2.00. The Labute approximate surface area is 183 Å². The molecule has 3 rings (SSSR count). The van der Waals surface area contributed by atoms with Gasteiger partial charge in [-0.1, -0.05) is 37.3 Å². The highest BCUT2D eigenvalue weighted by molar-refractivity contribution is 7.92. The first kappa shape index (κ1) is 22.4. The van der Waals surface area contributed by atoms with Crippen molar-refractivity contribution in [3.63, 3.8) is 0 Å². The minimum Gasteiger partial charge on any atom is -0.497 e. The Morgan fingerprint density at radius 3 is 2.13 bits per heavy atom. The smallest absolute Gasteiger partial charge is 0.264 e. The van der Waals surface area contributed by atoms with Gasteiger partial charge in [-0.25, -0.2) is 8.42 Å². The Kier molecular flexibility index (Phi) is 6.97. The average Bonchev–Trinajstić information content (AvgIpc) is 2.82. The molecule has 0 fully saturated rings. The van der Waals surface area contributed by atoms with Gasteiger partial charge in [0.2, 0.25) is 0 Å². The molecule has 0 aliphatic rings. The molecule has 31 heavy (non-hydrogen) atoms. The summed E-state index contributed by atoms with van der Waals surface area (Å²) in [6, 6.07) is 22.2. The van der Waals surface area contributed by atoms with E-state index in [4.69, 9.17) is 4.74 Å². The molecule has 1 amide bonds. The molecule has 6 nitrogen and oxygen atoms in total. The van der Waals surface area contributed by atoms with E-state index in [9.17, 15) is 13.2 Å². The van der Waals surface area contributed by atoms with E-state index < -0.39 is 10.0 Å². The lowest BCUT2D eigenvalue weighted by atomic mass is 10.0. The Morgan fingerprint density at radius 1 is 0.968 bits per heavy atom. The van der Waals surface area contributed by atoms with Crippen molar-refractivity contribution in [2.45, 2.75) is 24.3 Å². The van der Waals surface area contributed by atoms with E-state index in [-0.39, 0.29) is 16.8 Å². The number of amides is 1. The van der Waals surface area contributed by atoms with Crippen molar-refractivity contribution < 1.29 is 17.9 Å². The number of hydrogen-bond acceptors (Lipinski definition) is 4. The van der Waals surface area contributed by atoms with E-state index in [1.54, 1.807) is 61.7 Å². The van der Waals surface area contributed by atoms with Crippen LogP contribution >= 0.6 is 0 Å². The fourth-order valence-corrected chi connectivity index (χ4v) is 4.43. The van der Waals surface area contributed by atoms with Crippen LogP contribution < -0.4 is 14.4 Å². The third kappa shape index (κ3) is 5.06. The van der Waals surface area contributed by atoms with Crippen molar-refractivity contribution >= 4 is 21.6 Å². The molecule has 0 saturated carbocycles. The van der Waals surface area contributed by atoms with Crippen LogP contribution in [0.4, 0.5) is 5.69 Å². The molecular formula is C24H26N2O4S. The number of benzene rings is 3. The van der Waals surface area contributed by atoms with Crippen LogP contribution in [-0.4, -0.2) is 28.5 Å². The maximum Gasteiger partial charge on any atom is 0.264 e. The van der Waals surface area contributed by atoms with Gasteiger partial charge in [0.15, 0.2) is 0 Å². The number of nitrogens with zero attached hydrogens (tertiary/aromatic N) is 1. The van der Waals surface area contributed by atoms with Gasteiger partial charge < -0.3 is 10.1 Å². The third-order valence-corrected chi connectivity index (χ3v) is 6.93. The van der Waals surface area contributed by atoms with E-state index in [1.165, 1.54) is 11.4 Å². The molecule has 0 aliphatic carbocycles. The summed E-state index contributed by atoms with van der Waals surface area (Å²) in [5.41, 5.74) is 1.92. The number of anilines is 1. The quantitative estimate of drug-likeness (QED) is 0.566. The predicted molar refractivity (Wildman–Crippen MR) is 122 cm³/mol. The number of nitrogens with one attached hydrogen (secondary N) is 1. The molecule has 0 saturated heterocycles. The third-order valence-electron chi connectivity index (χ3n) is 5.13. The van der Waals surface area contributed by atoms with E-state index in [0.29, 0.717) is 11.3 Å². The summed E-state index contributed by atoms with van der Waals surface area (Å²) in [4.78, 5) is 13.0. The summed E-state index contributed by atoms with van der Waals surface area (Å²) in [7, 11) is -0.562. The van der Waals surface area contributed by atoms with Crippen LogP contribution in [0.25, 0.3) is 0 Å². The maximum atomic E-state index is 12.8. The second-order valence-corrected chi connectivity index (χ2v) is 9.01. The van der Waals surface area contributed by atoms with E-state index in [2.05, 4.69) is 5.32 Å². The summed E-state index contributed by atoms with van der Waals surface area (Å²) >= 11 is 0. The first-order chi connectivity index (χ1) is 14.9. The van der Waals surface area contributed by atoms with Crippen LogP contribution in [0.1, 0.15) is 35.3 Å². The van der Waals surface area contributed by atoms with Gasteiger partial charge in [0.25, 0.3) is 15.9 Å². The number of hydrogen-bond donors (Lipinski definition) is 1. The molecule has 0 aliphatic heterocycles. The summed E-state index contributed by atoms with van der Waals surface area (Å²) in [5, 5.41) is 3.03. The maximum absolute atomic E-state index is 12.8. The van der Waals surface area contributed by atoms with Crippen LogP contribution in [0.5, 0.6) is 5.75 Å². The zero-order valence-electron chi connectivity index (χ0n) is 17.8. The SMILES string of the molecule is CC[C@@H](NC(=O)c1ccc(N(C)S(=O)(=O)c2ccccc2)cc1)c1ccc(OC)cc1. The molecule has 0 spiro atoms. The Bertz CT molecular complexity index is 1110.